The van der Waals surface area contributed by atoms with Gasteiger partial charge in [0.05, 0.1) is 24.5 Å². The zero-order valence-electron chi connectivity index (χ0n) is 16.0. The molecule has 0 aliphatic carbocycles. The molecule has 0 spiro atoms. The number of piperidine rings is 1. The third-order valence-electron chi connectivity index (χ3n) is 4.86. The van der Waals surface area contributed by atoms with E-state index in [-0.39, 0.29) is 23.9 Å². The second-order valence-electron chi connectivity index (χ2n) is 7.53. The van der Waals surface area contributed by atoms with Crippen LogP contribution in [-0.4, -0.2) is 58.4 Å². The van der Waals surface area contributed by atoms with Crippen LogP contribution in [0.4, 0.5) is 5.95 Å². The van der Waals surface area contributed by atoms with Crippen molar-refractivity contribution in [3.05, 3.63) is 0 Å². The lowest BCUT2D eigenvalue weighted by atomic mass is 10.00. The summed E-state index contributed by atoms with van der Waals surface area (Å²) in [6.45, 7) is 9.60. The lowest BCUT2D eigenvalue weighted by Crippen LogP contribution is -2.35. The first-order valence-electron chi connectivity index (χ1n) is 9.65. The molecule has 8 heteroatoms. The molecule has 1 unspecified atom stereocenters. The number of rotatable bonds is 7. The third kappa shape index (κ3) is 5.13. The minimum Gasteiger partial charge on any atom is -0.462 e. The van der Waals surface area contributed by atoms with Gasteiger partial charge in [0.25, 0.3) is 0 Å². The number of carbonyl (C=O) groups is 1. The molecule has 0 N–H and O–H groups in total. The van der Waals surface area contributed by atoms with Gasteiger partial charge in [0.2, 0.25) is 5.95 Å². The van der Waals surface area contributed by atoms with Crippen LogP contribution in [0.25, 0.3) is 0 Å². The smallest absolute Gasteiger partial charge is 0.316 e. The molecule has 2 saturated heterocycles. The van der Waals surface area contributed by atoms with Crippen molar-refractivity contribution < 1.29 is 14.3 Å². The average molecular weight is 383 g/mol. The van der Waals surface area contributed by atoms with Crippen molar-refractivity contribution in [1.82, 2.24) is 14.8 Å². The van der Waals surface area contributed by atoms with E-state index in [9.17, 15) is 4.79 Å². The van der Waals surface area contributed by atoms with Crippen molar-refractivity contribution in [2.75, 3.05) is 30.3 Å². The van der Waals surface area contributed by atoms with Gasteiger partial charge in [-0.1, -0.05) is 18.7 Å². The summed E-state index contributed by atoms with van der Waals surface area (Å²) in [5, 5.41) is 9.60. The Kier molecular flexibility index (Phi) is 6.80. The standard InChI is InChI=1S/C18H30N4O3S/c1-13(2)25-16(23)12-26-18-20-19-17(21-8-6-14(3)7-9-21)22(18)11-15-5-4-10-24-15/h13-15H,4-12H2,1-3H3. The Balaban J connectivity index is 1.71. The fourth-order valence-electron chi connectivity index (χ4n) is 3.40. The Bertz CT molecular complexity index is 593. The predicted octanol–water partition coefficient (Wildman–Crippen LogP) is 2.74. The molecule has 0 amide bonds. The first-order chi connectivity index (χ1) is 12.5. The van der Waals surface area contributed by atoms with Gasteiger partial charge in [-0.05, 0) is 45.4 Å². The molecule has 1 aromatic rings. The molecule has 2 aliphatic rings. The second kappa shape index (κ2) is 9.08. The summed E-state index contributed by atoms with van der Waals surface area (Å²) in [6, 6.07) is 0. The topological polar surface area (TPSA) is 69.5 Å². The number of ether oxygens (including phenoxy) is 2. The van der Waals surface area contributed by atoms with E-state index in [0.29, 0.717) is 0 Å². The normalized spacial score (nSPS) is 21.5. The highest BCUT2D eigenvalue weighted by Crippen LogP contribution is 2.28. The Morgan fingerprint density at radius 3 is 2.73 bits per heavy atom. The highest BCUT2D eigenvalue weighted by atomic mass is 32.2. The summed E-state index contributed by atoms with van der Waals surface area (Å²) in [7, 11) is 0. The van der Waals surface area contributed by atoms with Crippen molar-refractivity contribution in [2.24, 2.45) is 5.92 Å². The molecule has 1 atom stereocenters. The molecular formula is C18H30N4O3S. The van der Waals surface area contributed by atoms with Crippen molar-refractivity contribution in [1.29, 1.82) is 0 Å². The fourth-order valence-corrected chi connectivity index (χ4v) is 4.13. The van der Waals surface area contributed by atoms with Crippen LogP contribution in [0.15, 0.2) is 5.16 Å². The summed E-state index contributed by atoms with van der Waals surface area (Å²) in [4.78, 5) is 14.2. The van der Waals surface area contributed by atoms with E-state index in [1.165, 1.54) is 24.6 Å². The Hall–Kier alpha value is -1.28. The molecule has 0 radical (unpaired) electrons. The largest absolute Gasteiger partial charge is 0.462 e. The molecule has 2 aliphatic heterocycles. The van der Waals surface area contributed by atoms with Crippen LogP contribution in [0.1, 0.15) is 46.5 Å². The Morgan fingerprint density at radius 1 is 1.31 bits per heavy atom. The van der Waals surface area contributed by atoms with Gasteiger partial charge in [0.15, 0.2) is 5.16 Å². The van der Waals surface area contributed by atoms with Crippen molar-refractivity contribution in [2.45, 2.75) is 70.4 Å². The van der Waals surface area contributed by atoms with Gasteiger partial charge in [0, 0.05) is 19.7 Å². The zero-order chi connectivity index (χ0) is 18.5. The van der Waals surface area contributed by atoms with Gasteiger partial charge in [-0.3, -0.25) is 9.36 Å². The van der Waals surface area contributed by atoms with E-state index in [1.807, 2.05) is 13.8 Å². The number of hydrogen-bond donors (Lipinski definition) is 0. The predicted molar refractivity (Wildman–Crippen MR) is 102 cm³/mol. The van der Waals surface area contributed by atoms with E-state index >= 15 is 0 Å². The number of anilines is 1. The molecule has 146 valence electrons. The van der Waals surface area contributed by atoms with Crippen LogP contribution >= 0.6 is 11.8 Å². The fraction of sp³-hybridized carbons (Fsp3) is 0.833. The van der Waals surface area contributed by atoms with Crippen LogP contribution in [-0.2, 0) is 20.8 Å². The lowest BCUT2D eigenvalue weighted by molar-refractivity contribution is -0.144. The second-order valence-corrected chi connectivity index (χ2v) is 8.47. The quantitative estimate of drug-likeness (QED) is 0.530. The molecule has 26 heavy (non-hydrogen) atoms. The number of aromatic nitrogens is 3. The number of carbonyl (C=O) groups excluding carboxylic acids is 1. The molecule has 3 heterocycles. The van der Waals surface area contributed by atoms with Gasteiger partial charge in [-0.2, -0.15) is 0 Å². The number of nitrogens with zero attached hydrogens (tertiary/aromatic N) is 4. The van der Waals surface area contributed by atoms with Gasteiger partial charge >= 0.3 is 5.97 Å². The van der Waals surface area contributed by atoms with Crippen molar-refractivity contribution in [3.63, 3.8) is 0 Å². The maximum atomic E-state index is 11.9. The minimum atomic E-state index is -0.218. The highest BCUT2D eigenvalue weighted by Gasteiger charge is 2.26. The number of esters is 1. The molecule has 0 bridgehead atoms. The van der Waals surface area contributed by atoms with Crippen LogP contribution in [0.2, 0.25) is 0 Å². The zero-order valence-corrected chi connectivity index (χ0v) is 16.8. The maximum absolute atomic E-state index is 11.9. The third-order valence-corrected chi connectivity index (χ3v) is 5.80. The SMILES string of the molecule is CC1CCN(c2nnc(SCC(=O)OC(C)C)n2CC2CCCO2)CC1. The summed E-state index contributed by atoms with van der Waals surface area (Å²) >= 11 is 1.40. The number of hydrogen-bond acceptors (Lipinski definition) is 7. The molecular weight excluding hydrogens is 352 g/mol. The summed E-state index contributed by atoms with van der Waals surface area (Å²) < 4.78 is 13.2. The van der Waals surface area contributed by atoms with Crippen molar-refractivity contribution in [3.8, 4) is 0 Å². The Labute approximate surface area is 159 Å². The van der Waals surface area contributed by atoms with Gasteiger partial charge in [-0.25, -0.2) is 0 Å². The number of thioether (sulfide) groups is 1. The van der Waals surface area contributed by atoms with E-state index in [2.05, 4.69) is 26.6 Å². The molecule has 0 saturated carbocycles. The molecule has 2 fully saturated rings. The first kappa shape index (κ1) is 19.5. The molecule has 1 aromatic heterocycles. The van der Waals surface area contributed by atoms with Crippen LogP contribution in [0, 0.1) is 5.92 Å². The summed E-state index contributed by atoms with van der Waals surface area (Å²) in [6.07, 6.45) is 4.63. The van der Waals surface area contributed by atoms with E-state index < -0.39 is 0 Å². The monoisotopic (exact) mass is 382 g/mol. The maximum Gasteiger partial charge on any atom is 0.316 e. The van der Waals surface area contributed by atoms with E-state index in [4.69, 9.17) is 9.47 Å². The highest BCUT2D eigenvalue weighted by molar-refractivity contribution is 7.99. The van der Waals surface area contributed by atoms with E-state index in [0.717, 1.165) is 56.1 Å². The van der Waals surface area contributed by atoms with E-state index in [1.54, 1.807) is 0 Å². The van der Waals surface area contributed by atoms with Crippen LogP contribution in [0.5, 0.6) is 0 Å². The van der Waals surface area contributed by atoms with Crippen LogP contribution < -0.4 is 4.90 Å². The first-order valence-corrected chi connectivity index (χ1v) is 10.6. The summed E-state index contributed by atoms with van der Waals surface area (Å²) in [5.41, 5.74) is 0. The molecule has 7 nitrogen and oxygen atoms in total. The minimum absolute atomic E-state index is 0.0984. The van der Waals surface area contributed by atoms with Gasteiger partial charge < -0.3 is 14.4 Å². The molecule has 3 rings (SSSR count). The molecule has 0 aromatic carbocycles. The van der Waals surface area contributed by atoms with Gasteiger partial charge in [0.1, 0.15) is 0 Å². The van der Waals surface area contributed by atoms with Crippen LogP contribution in [0.3, 0.4) is 0 Å². The van der Waals surface area contributed by atoms with Crippen molar-refractivity contribution >= 4 is 23.7 Å². The average Bonchev–Trinajstić information content (AvgIpc) is 3.24. The summed E-state index contributed by atoms with van der Waals surface area (Å²) in [5.74, 6) is 1.70. The lowest BCUT2D eigenvalue weighted by Gasteiger charge is -2.31. The Morgan fingerprint density at radius 2 is 2.08 bits per heavy atom. The van der Waals surface area contributed by atoms with Gasteiger partial charge in [-0.15, -0.1) is 10.2 Å².